The summed E-state index contributed by atoms with van der Waals surface area (Å²) in [4.78, 5) is 5.03. The molecule has 2 aliphatic heterocycles. The standard InChI is InChI=1S/C47H41F3N2O/c1-5-30-12-20-34(21-13-30)41-39(32-16-8-28(3)9-17-32)37-26-36(47(48,49)50)27-38-40(33-18-10-29(4)11-19-33)44(35-22-14-31(6-2)15-23-35)53-45(42(37)38)43(41)46-51-24-7-25-52-46/h8-23,26-27H,5-7,24-25H2,1-4H3,(H,51,52). The van der Waals surface area contributed by atoms with Crippen molar-refractivity contribution in [1.82, 2.24) is 5.32 Å². The smallest absolute Gasteiger partial charge is 0.416 e. The summed E-state index contributed by atoms with van der Waals surface area (Å²) in [6.07, 6.45) is -2.00. The van der Waals surface area contributed by atoms with E-state index in [1.807, 2.05) is 74.5 Å². The summed E-state index contributed by atoms with van der Waals surface area (Å²) in [6.45, 7) is 9.58. The van der Waals surface area contributed by atoms with Gasteiger partial charge in [-0.15, -0.1) is 0 Å². The van der Waals surface area contributed by atoms with Gasteiger partial charge in [-0.3, -0.25) is 4.99 Å². The average Bonchev–Trinajstić information content (AvgIpc) is 3.18. The van der Waals surface area contributed by atoms with Crippen LogP contribution in [0.3, 0.4) is 0 Å². The monoisotopic (exact) mass is 706 g/mol. The number of ether oxygens (including phenoxy) is 1. The number of rotatable bonds is 7. The number of halogens is 3. The van der Waals surface area contributed by atoms with Crippen LogP contribution in [0.1, 0.15) is 70.3 Å². The second-order valence-corrected chi connectivity index (χ2v) is 14.0. The highest BCUT2D eigenvalue weighted by Crippen LogP contribution is 2.55. The van der Waals surface area contributed by atoms with Gasteiger partial charge in [0.25, 0.3) is 0 Å². The molecule has 1 N–H and O–H groups in total. The summed E-state index contributed by atoms with van der Waals surface area (Å²) >= 11 is 0. The summed E-state index contributed by atoms with van der Waals surface area (Å²) in [6, 6.07) is 35.1. The van der Waals surface area contributed by atoms with E-state index >= 15 is 13.2 Å². The van der Waals surface area contributed by atoms with Gasteiger partial charge in [0.1, 0.15) is 17.3 Å². The van der Waals surface area contributed by atoms with Crippen molar-refractivity contribution in [3.63, 3.8) is 0 Å². The highest BCUT2D eigenvalue weighted by molar-refractivity contribution is 6.23. The Morgan fingerprint density at radius 1 is 0.660 bits per heavy atom. The molecule has 3 nitrogen and oxygen atoms in total. The SMILES string of the molecule is CCc1ccc(C2=C(c3ccc(C)cc3)c3cc(C(F)(F)F)cc4c(-c5ccc(C)cc5)c(-c5ccc(CC)cc5)c(C5=NCCCN5)c(c34)O2)cc1. The van der Waals surface area contributed by atoms with Gasteiger partial charge in [-0.25, -0.2) is 0 Å². The fraction of sp³-hybridized carbons (Fsp3) is 0.213. The van der Waals surface area contributed by atoms with Gasteiger partial charge in [0.2, 0.25) is 0 Å². The molecule has 0 fully saturated rings. The number of aryl methyl sites for hydroxylation is 4. The molecule has 0 saturated carbocycles. The van der Waals surface area contributed by atoms with Crippen molar-refractivity contribution < 1.29 is 17.9 Å². The summed E-state index contributed by atoms with van der Waals surface area (Å²) < 4.78 is 52.9. The topological polar surface area (TPSA) is 33.6 Å². The van der Waals surface area contributed by atoms with Crippen LogP contribution in [0.5, 0.6) is 5.75 Å². The van der Waals surface area contributed by atoms with E-state index in [2.05, 4.69) is 55.6 Å². The molecule has 6 aromatic carbocycles. The second-order valence-electron chi connectivity index (χ2n) is 14.0. The third-order valence-electron chi connectivity index (χ3n) is 10.5. The van der Waals surface area contributed by atoms with Crippen LogP contribution >= 0.6 is 0 Å². The van der Waals surface area contributed by atoms with Crippen LogP contribution in [-0.2, 0) is 19.0 Å². The molecule has 0 bridgehead atoms. The number of hydrogen-bond acceptors (Lipinski definition) is 3. The lowest BCUT2D eigenvalue weighted by molar-refractivity contribution is -0.137. The summed E-state index contributed by atoms with van der Waals surface area (Å²) in [7, 11) is 0. The Balaban J connectivity index is 1.60. The van der Waals surface area contributed by atoms with Crippen LogP contribution in [0.15, 0.2) is 114 Å². The third kappa shape index (κ3) is 6.30. The molecule has 2 aliphatic rings. The van der Waals surface area contributed by atoms with Crippen LogP contribution in [0.2, 0.25) is 0 Å². The number of alkyl halides is 3. The maximum atomic E-state index is 15.2. The lowest BCUT2D eigenvalue weighted by Crippen LogP contribution is -2.31. The molecule has 0 radical (unpaired) electrons. The fourth-order valence-corrected chi connectivity index (χ4v) is 7.56. The number of nitrogens with zero attached hydrogens (tertiary/aromatic N) is 1. The number of aliphatic imine (C=N–C) groups is 1. The van der Waals surface area contributed by atoms with Crippen molar-refractivity contribution in [3.8, 4) is 28.0 Å². The second kappa shape index (κ2) is 13.7. The van der Waals surface area contributed by atoms with Gasteiger partial charge < -0.3 is 10.1 Å². The van der Waals surface area contributed by atoms with E-state index in [0.29, 0.717) is 51.4 Å². The molecule has 53 heavy (non-hydrogen) atoms. The molecule has 6 heteroatoms. The van der Waals surface area contributed by atoms with E-state index < -0.39 is 11.7 Å². The van der Waals surface area contributed by atoms with Crippen molar-refractivity contribution >= 4 is 27.9 Å². The molecular formula is C47H41F3N2O. The molecule has 0 saturated heterocycles. The number of amidine groups is 1. The Bertz CT molecular complexity index is 2400. The van der Waals surface area contributed by atoms with Crippen LogP contribution in [-0.4, -0.2) is 18.9 Å². The summed E-state index contributed by atoms with van der Waals surface area (Å²) in [5, 5.41) is 4.68. The first-order valence-corrected chi connectivity index (χ1v) is 18.4. The minimum Gasteiger partial charge on any atom is -0.455 e. The molecule has 2 heterocycles. The molecule has 0 aliphatic carbocycles. The molecule has 6 aromatic rings. The molecule has 0 spiro atoms. The highest BCUT2D eigenvalue weighted by atomic mass is 19.4. The van der Waals surface area contributed by atoms with E-state index in [0.717, 1.165) is 75.9 Å². The largest absolute Gasteiger partial charge is 0.455 e. The van der Waals surface area contributed by atoms with E-state index in [9.17, 15) is 0 Å². The average molecular weight is 707 g/mol. The fourth-order valence-electron chi connectivity index (χ4n) is 7.56. The van der Waals surface area contributed by atoms with Gasteiger partial charge in [0.05, 0.1) is 11.1 Å². The Kier molecular flexibility index (Phi) is 8.93. The maximum absolute atomic E-state index is 15.2. The lowest BCUT2D eigenvalue weighted by atomic mass is 9.79. The van der Waals surface area contributed by atoms with E-state index in [1.165, 1.54) is 17.7 Å². The minimum atomic E-state index is -4.61. The first kappa shape index (κ1) is 34.5. The van der Waals surface area contributed by atoms with Gasteiger partial charge in [0, 0.05) is 35.2 Å². The van der Waals surface area contributed by atoms with E-state index in [4.69, 9.17) is 9.73 Å². The zero-order chi connectivity index (χ0) is 36.9. The molecule has 0 amide bonds. The minimum absolute atomic E-state index is 0.480. The van der Waals surface area contributed by atoms with Gasteiger partial charge in [-0.1, -0.05) is 122 Å². The number of hydrogen-bond donors (Lipinski definition) is 1. The van der Waals surface area contributed by atoms with Crippen LogP contribution in [0.25, 0.3) is 44.4 Å². The Labute approximate surface area is 308 Å². The predicted octanol–water partition coefficient (Wildman–Crippen LogP) is 12.0. The molecule has 0 atom stereocenters. The van der Waals surface area contributed by atoms with Crippen LogP contribution in [0.4, 0.5) is 13.2 Å². The quantitative estimate of drug-likeness (QED) is 0.179. The third-order valence-corrected chi connectivity index (χ3v) is 10.5. The zero-order valence-corrected chi connectivity index (χ0v) is 30.4. The van der Waals surface area contributed by atoms with Gasteiger partial charge in [-0.05, 0) is 89.6 Å². The normalized spacial score (nSPS) is 14.2. The van der Waals surface area contributed by atoms with Crippen LogP contribution in [0, 0.1) is 13.8 Å². The molecule has 8 rings (SSSR count). The van der Waals surface area contributed by atoms with E-state index in [1.54, 1.807) is 0 Å². The Morgan fingerprint density at radius 3 is 1.75 bits per heavy atom. The number of nitrogens with one attached hydrogen (secondary N) is 1. The lowest BCUT2D eigenvalue weighted by Gasteiger charge is -2.32. The zero-order valence-electron chi connectivity index (χ0n) is 30.4. The van der Waals surface area contributed by atoms with Crippen molar-refractivity contribution in [2.75, 3.05) is 13.1 Å². The Hall–Kier alpha value is -5.62. The summed E-state index contributed by atoms with van der Waals surface area (Å²) in [5.41, 5.74) is 10.4. The van der Waals surface area contributed by atoms with Gasteiger partial charge >= 0.3 is 6.18 Å². The molecule has 0 aromatic heterocycles. The van der Waals surface area contributed by atoms with Crippen molar-refractivity contribution in [2.45, 2.75) is 53.1 Å². The van der Waals surface area contributed by atoms with E-state index in [-0.39, 0.29) is 0 Å². The van der Waals surface area contributed by atoms with Crippen molar-refractivity contribution in [3.05, 3.63) is 159 Å². The molecule has 0 unspecified atom stereocenters. The highest BCUT2D eigenvalue weighted by Gasteiger charge is 2.38. The van der Waals surface area contributed by atoms with Crippen molar-refractivity contribution in [1.29, 1.82) is 0 Å². The van der Waals surface area contributed by atoms with Gasteiger partial charge in [-0.2, -0.15) is 13.2 Å². The van der Waals surface area contributed by atoms with Crippen LogP contribution < -0.4 is 10.1 Å². The first-order chi connectivity index (χ1) is 25.6. The Morgan fingerprint density at radius 2 is 1.21 bits per heavy atom. The number of benzene rings is 6. The maximum Gasteiger partial charge on any atom is 0.416 e. The summed E-state index contributed by atoms with van der Waals surface area (Å²) in [5.74, 6) is 1.70. The van der Waals surface area contributed by atoms with Gasteiger partial charge in [0.15, 0.2) is 0 Å². The van der Waals surface area contributed by atoms with Crippen molar-refractivity contribution in [2.24, 2.45) is 4.99 Å². The molecule has 266 valence electrons. The predicted molar refractivity (Wildman–Crippen MR) is 212 cm³/mol. The molecular weight excluding hydrogens is 666 g/mol. The first-order valence-electron chi connectivity index (χ1n) is 18.4.